The highest BCUT2D eigenvalue weighted by Crippen LogP contribution is 2.39. The number of fused-ring (bicyclic) bond motifs is 2. The number of para-hydroxylation sites is 1. The number of tetrazole rings is 1. The van der Waals surface area contributed by atoms with Gasteiger partial charge in [-0.2, -0.15) is 0 Å². The Balaban J connectivity index is 1.55. The van der Waals surface area contributed by atoms with E-state index in [9.17, 15) is 4.79 Å². The molecule has 3 heterocycles. The molecule has 1 N–H and O–H groups in total. The molecule has 1 fully saturated rings. The third-order valence-electron chi connectivity index (χ3n) is 7.81. The molecule has 37 heavy (non-hydrogen) atoms. The summed E-state index contributed by atoms with van der Waals surface area (Å²) in [5.74, 6) is 1.90. The maximum atomic E-state index is 13.7. The number of hydrogen-bond acceptors (Lipinski definition) is 7. The molecule has 1 aliphatic heterocycles. The van der Waals surface area contributed by atoms with Gasteiger partial charge in [-0.25, -0.2) is 4.68 Å². The number of aryl methyl sites for hydroxylation is 1. The second-order valence-electron chi connectivity index (χ2n) is 9.95. The van der Waals surface area contributed by atoms with Crippen molar-refractivity contribution in [3.05, 3.63) is 69.8 Å². The lowest BCUT2D eigenvalue weighted by molar-refractivity contribution is 0.313. The molecule has 192 valence electrons. The largest absolute Gasteiger partial charge is 0.493 e. The molecule has 0 spiro atoms. The smallest absolute Gasteiger partial charge is 0.254 e. The van der Waals surface area contributed by atoms with Gasteiger partial charge in [0.05, 0.1) is 25.8 Å². The predicted molar refractivity (Wildman–Crippen MR) is 142 cm³/mol. The van der Waals surface area contributed by atoms with Gasteiger partial charge in [-0.1, -0.05) is 37.5 Å². The Labute approximate surface area is 215 Å². The Hall–Kier alpha value is -3.88. The van der Waals surface area contributed by atoms with Gasteiger partial charge in [-0.15, -0.1) is 5.10 Å². The summed E-state index contributed by atoms with van der Waals surface area (Å²) in [6, 6.07) is 13.9. The Morgan fingerprint density at radius 3 is 2.59 bits per heavy atom. The lowest BCUT2D eigenvalue weighted by atomic mass is 9.94. The van der Waals surface area contributed by atoms with E-state index in [2.05, 4.69) is 49.7 Å². The van der Waals surface area contributed by atoms with E-state index in [1.54, 1.807) is 20.3 Å². The van der Waals surface area contributed by atoms with Gasteiger partial charge in [-0.3, -0.25) is 4.79 Å². The number of methoxy groups -OCH3 is 2. The summed E-state index contributed by atoms with van der Waals surface area (Å²) >= 11 is 0. The van der Waals surface area contributed by atoms with Crippen LogP contribution in [-0.2, 0) is 6.42 Å². The molecule has 0 unspecified atom stereocenters. The highest BCUT2D eigenvalue weighted by molar-refractivity contribution is 5.83. The van der Waals surface area contributed by atoms with Crippen LogP contribution < -0.4 is 19.9 Å². The van der Waals surface area contributed by atoms with E-state index in [4.69, 9.17) is 9.47 Å². The topological polar surface area (TPSA) is 98.2 Å². The molecule has 2 aromatic carbocycles. The number of benzene rings is 2. The van der Waals surface area contributed by atoms with Crippen molar-refractivity contribution in [2.75, 3.05) is 25.7 Å². The normalized spacial score (nSPS) is 17.0. The van der Waals surface area contributed by atoms with Gasteiger partial charge in [0.1, 0.15) is 6.04 Å². The zero-order valence-corrected chi connectivity index (χ0v) is 21.3. The molecule has 0 radical (unpaired) electrons. The van der Waals surface area contributed by atoms with Crippen molar-refractivity contribution in [3.63, 3.8) is 0 Å². The number of ether oxygens (including phenoxy) is 2. The van der Waals surface area contributed by atoms with Crippen LogP contribution in [0, 0.1) is 0 Å². The number of aromatic nitrogens is 5. The Morgan fingerprint density at radius 1 is 1.00 bits per heavy atom. The third kappa shape index (κ3) is 4.22. The summed E-state index contributed by atoms with van der Waals surface area (Å²) < 4.78 is 13.0. The number of anilines is 1. The molecule has 1 saturated carbocycles. The molecule has 4 aromatic rings. The predicted octanol–water partition coefficient (Wildman–Crippen LogP) is 4.58. The number of H-pyrrole nitrogens is 1. The molecule has 9 heteroatoms. The van der Waals surface area contributed by atoms with Gasteiger partial charge in [0, 0.05) is 29.2 Å². The van der Waals surface area contributed by atoms with Crippen molar-refractivity contribution in [3.8, 4) is 11.5 Å². The second kappa shape index (κ2) is 9.88. The van der Waals surface area contributed by atoms with E-state index in [0.717, 1.165) is 43.3 Å². The summed E-state index contributed by atoms with van der Waals surface area (Å²) in [4.78, 5) is 19.1. The monoisotopic (exact) mass is 500 g/mol. The van der Waals surface area contributed by atoms with Crippen LogP contribution in [0.2, 0.25) is 0 Å². The van der Waals surface area contributed by atoms with E-state index < -0.39 is 6.04 Å². The number of pyridine rings is 1. The van der Waals surface area contributed by atoms with Crippen LogP contribution in [0.4, 0.5) is 5.69 Å². The van der Waals surface area contributed by atoms with Crippen LogP contribution in [0.1, 0.15) is 67.6 Å². The van der Waals surface area contributed by atoms with E-state index in [0.29, 0.717) is 28.4 Å². The average molecular weight is 501 g/mol. The standard InChI is InChI=1S/C28H32N6O3/c1-36-24-16-19-15-21(28(35)29-22(19)17-25(24)37-2)26(33-14-8-10-18-9-6-7-13-23(18)33)27-30-31-32-34(27)20-11-4-3-5-12-20/h6-7,9,13,15-17,20,26H,3-5,8,10-12,14H2,1-2H3,(H,29,35)/t26-/m1/s1. The highest BCUT2D eigenvalue weighted by atomic mass is 16.5. The minimum absolute atomic E-state index is 0.161. The number of nitrogens with zero attached hydrogens (tertiary/aromatic N) is 5. The fraction of sp³-hybridized carbons (Fsp3) is 0.429. The van der Waals surface area contributed by atoms with Gasteiger partial charge in [0.25, 0.3) is 5.56 Å². The van der Waals surface area contributed by atoms with Gasteiger partial charge in [0.15, 0.2) is 17.3 Å². The van der Waals surface area contributed by atoms with Crippen molar-refractivity contribution >= 4 is 16.6 Å². The highest BCUT2D eigenvalue weighted by Gasteiger charge is 2.35. The van der Waals surface area contributed by atoms with Gasteiger partial charge < -0.3 is 19.4 Å². The van der Waals surface area contributed by atoms with Crippen LogP contribution in [0.15, 0.2) is 47.3 Å². The quantitative estimate of drug-likeness (QED) is 0.414. The zero-order valence-electron chi connectivity index (χ0n) is 21.3. The van der Waals surface area contributed by atoms with Crippen molar-refractivity contribution < 1.29 is 9.47 Å². The Bertz CT molecular complexity index is 1470. The van der Waals surface area contributed by atoms with Crippen LogP contribution in [0.25, 0.3) is 10.9 Å². The zero-order chi connectivity index (χ0) is 25.4. The summed E-state index contributed by atoms with van der Waals surface area (Å²) in [5, 5.41) is 14.0. The Morgan fingerprint density at radius 2 is 1.78 bits per heavy atom. The van der Waals surface area contributed by atoms with Crippen molar-refractivity contribution in [1.29, 1.82) is 0 Å². The first-order valence-electron chi connectivity index (χ1n) is 13.1. The van der Waals surface area contributed by atoms with E-state index in [1.165, 1.54) is 24.8 Å². The molecular weight excluding hydrogens is 468 g/mol. The molecule has 1 aliphatic carbocycles. The van der Waals surface area contributed by atoms with Crippen molar-refractivity contribution in [2.24, 2.45) is 0 Å². The lowest BCUT2D eigenvalue weighted by Crippen LogP contribution is -2.39. The van der Waals surface area contributed by atoms with Gasteiger partial charge in [0.2, 0.25) is 0 Å². The third-order valence-corrected chi connectivity index (χ3v) is 7.81. The molecule has 0 amide bonds. The molecule has 2 aromatic heterocycles. The summed E-state index contributed by atoms with van der Waals surface area (Å²) in [5.41, 5.74) is 3.55. The first-order chi connectivity index (χ1) is 18.2. The van der Waals surface area contributed by atoms with Crippen LogP contribution >= 0.6 is 0 Å². The van der Waals surface area contributed by atoms with E-state index in [-0.39, 0.29) is 11.6 Å². The van der Waals surface area contributed by atoms with Gasteiger partial charge in [-0.05, 0) is 59.9 Å². The average Bonchev–Trinajstić information content (AvgIpc) is 3.43. The molecule has 6 rings (SSSR count). The molecule has 0 bridgehead atoms. The van der Waals surface area contributed by atoms with E-state index >= 15 is 0 Å². The minimum atomic E-state index is -0.431. The van der Waals surface area contributed by atoms with Crippen molar-refractivity contribution in [2.45, 2.75) is 57.0 Å². The fourth-order valence-corrected chi connectivity index (χ4v) is 6.00. The first kappa shape index (κ1) is 23.5. The van der Waals surface area contributed by atoms with Crippen LogP contribution in [-0.4, -0.2) is 46.0 Å². The summed E-state index contributed by atoms with van der Waals surface area (Å²) in [6.45, 7) is 0.808. The van der Waals surface area contributed by atoms with Gasteiger partial charge >= 0.3 is 0 Å². The van der Waals surface area contributed by atoms with Crippen molar-refractivity contribution in [1.82, 2.24) is 25.2 Å². The summed E-state index contributed by atoms with van der Waals surface area (Å²) in [7, 11) is 3.20. The maximum absolute atomic E-state index is 13.7. The Kier molecular flexibility index (Phi) is 6.28. The number of rotatable bonds is 6. The fourth-order valence-electron chi connectivity index (χ4n) is 6.00. The molecular formula is C28H32N6O3. The molecule has 2 aliphatic rings. The first-order valence-corrected chi connectivity index (χ1v) is 13.1. The molecule has 1 atom stereocenters. The van der Waals surface area contributed by atoms with Crippen LogP contribution in [0.3, 0.4) is 0 Å². The van der Waals surface area contributed by atoms with Crippen LogP contribution in [0.5, 0.6) is 11.5 Å². The lowest BCUT2D eigenvalue weighted by Gasteiger charge is -2.38. The number of aromatic amines is 1. The maximum Gasteiger partial charge on any atom is 0.254 e. The molecule has 9 nitrogen and oxygen atoms in total. The summed E-state index contributed by atoms with van der Waals surface area (Å²) in [6.07, 6.45) is 7.68. The molecule has 0 saturated heterocycles. The number of nitrogens with one attached hydrogen (secondary N) is 1. The van der Waals surface area contributed by atoms with E-state index in [1.807, 2.05) is 16.8 Å². The minimum Gasteiger partial charge on any atom is -0.493 e. The number of hydrogen-bond donors (Lipinski definition) is 1. The SMILES string of the molecule is COc1cc2cc([C@H](c3nnnn3C3CCCCC3)N3CCCc4ccccc43)c(=O)[nH]c2cc1OC. The second-order valence-corrected chi connectivity index (χ2v) is 9.95.